The third-order valence-electron chi connectivity index (χ3n) is 4.24. The van der Waals surface area contributed by atoms with Crippen molar-refractivity contribution in [2.45, 2.75) is 25.5 Å². The van der Waals surface area contributed by atoms with Gasteiger partial charge in [-0.15, -0.1) is 0 Å². The average molecular weight is 347 g/mol. The number of aliphatic hydroxyl groups excluding tert-OH is 1. The summed E-state index contributed by atoms with van der Waals surface area (Å²) in [5.41, 5.74) is 1.22. The molecule has 0 unspecified atom stereocenters. The molecule has 2 aromatic rings. The third kappa shape index (κ3) is 4.30. The summed E-state index contributed by atoms with van der Waals surface area (Å²) in [7, 11) is 0. The fourth-order valence-corrected chi connectivity index (χ4v) is 2.84. The molecular formula is C18H19F2N3O2. The molecule has 0 atom stereocenters. The van der Waals surface area contributed by atoms with E-state index in [9.17, 15) is 18.7 Å². The quantitative estimate of drug-likeness (QED) is 0.890. The first-order valence-corrected chi connectivity index (χ1v) is 8.13. The molecule has 2 heterocycles. The Bertz CT molecular complexity index is 762. The van der Waals surface area contributed by atoms with Crippen LogP contribution in [0.3, 0.4) is 0 Å². The summed E-state index contributed by atoms with van der Waals surface area (Å²) in [6.07, 6.45) is 3.22. The highest BCUT2D eigenvalue weighted by atomic mass is 19.1. The maximum atomic E-state index is 14.4. The van der Waals surface area contributed by atoms with Gasteiger partial charge in [-0.2, -0.15) is 0 Å². The van der Waals surface area contributed by atoms with Crippen molar-refractivity contribution in [2.24, 2.45) is 0 Å². The average Bonchev–Trinajstić information content (AvgIpc) is 2.61. The molecule has 3 rings (SSSR count). The summed E-state index contributed by atoms with van der Waals surface area (Å²) >= 11 is 0. The van der Waals surface area contributed by atoms with Crippen molar-refractivity contribution in [2.75, 3.05) is 18.0 Å². The van der Waals surface area contributed by atoms with Crippen LogP contribution in [0.25, 0.3) is 0 Å². The first-order chi connectivity index (χ1) is 12.0. The van der Waals surface area contributed by atoms with Gasteiger partial charge in [0.05, 0.1) is 23.6 Å². The second kappa shape index (κ2) is 7.57. The predicted octanol–water partition coefficient (Wildman–Crippen LogP) is 2.25. The van der Waals surface area contributed by atoms with Crippen LogP contribution in [0, 0.1) is 11.6 Å². The van der Waals surface area contributed by atoms with E-state index < -0.39 is 11.7 Å². The van der Waals surface area contributed by atoms with Gasteiger partial charge in [0.15, 0.2) is 0 Å². The largest absolute Gasteiger partial charge is 0.393 e. The molecule has 1 fully saturated rings. The lowest BCUT2D eigenvalue weighted by molar-refractivity contribution is 0.0950. The van der Waals surface area contributed by atoms with Crippen LogP contribution >= 0.6 is 0 Å². The Kier molecular flexibility index (Phi) is 5.23. The molecule has 1 aromatic carbocycles. The molecule has 1 aliphatic heterocycles. The smallest absolute Gasteiger partial charge is 0.253 e. The van der Waals surface area contributed by atoms with E-state index in [2.05, 4.69) is 10.3 Å². The summed E-state index contributed by atoms with van der Waals surface area (Å²) < 4.78 is 27.4. The van der Waals surface area contributed by atoms with Gasteiger partial charge in [-0.1, -0.05) is 6.07 Å². The van der Waals surface area contributed by atoms with Crippen molar-refractivity contribution >= 4 is 11.6 Å². The molecule has 1 aliphatic rings. The number of nitrogens with zero attached hydrogens (tertiary/aromatic N) is 2. The Morgan fingerprint density at radius 1 is 1.24 bits per heavy atom. The summed E-state index contributed by atoms with van der Waals surface area (Å²) in [6, 6.07) is 5.90. The number of piperidine rings is 1. The maximum Gasteiger partial charge on any atom is 0.253 e. The number of amides is 1. The molecule has 0 bridgehead atoms. The van der Waals surface area contributed by atoms with Crippen LogP contribution in [0.4, 0.5) is 14.5 Å². The highest BCUT2D eigenvalue weighted by Crippen LogP contribution is 2.24. The SMILES string of the molecule is O=C(NCc1ccc(N2CCC(O)CC2)c(F)c1)c1cncc(F)c1. The van der Waals surface area contributed by atoms with Crippen molar-refractivity contribution in [3.8, 4) is 0 Å². The van der Waals surface area contributed by atoms with Gasteiger partial charge in [-0.25, -0.2) is 8.78 Å². The van der Waals surface area contributed by atoms with Gasteiger partial charge >= 0.3 is 0 Å². The second-order valence-electron chi connectivity index (χ2n) is 6.08. The van der Waals surface area contributed by atoms with E-state index in [0.717, 1.165) is 12.3 Å². The Balaban J connectivity index is 1.62. The number of carbonyl (C=O) groups is 1. The molecule has 0 aliphatic carbocycles. The first-order valence-electron chi connectivity index (χ1n) is 8.13. The van der Waals surface area contributed by atoms with E-state index in [1.54, 1.807) is 12.1 Å². The molecule has 25 heavy (non-hydrogen) atoms. The van der Waals surface area contributed by atoms with E-state index in [1.165, 1.54) is 12.3 Å². The van der Waals surface area contributed by atoms with Gasteiger partial charge < -0.3 is 15.3 Å². The van der Waals surface area contributed by atoms with Crippen molar-refractivity contribution < 1.29 is 18.7 Å². The molecule has 1 aromatic heterocycles. The Morgan fingerprint density at radius 2 is 2.00 bits per heavy atom. The number of halogens is 2. The number of carbonyl (C=O) groups excluding carboxylic acids is 1. The number of rotatable bonds is 4. The Morgan fingerprint density at radius 3 is 2.68 bits per heavy atom. The topological polar surface area (TPSA) is 65.5 Å². The maximum absolute atomic E-state index is 14.4. The summed E-state index contributed by atoms with van der Waals surface area (Å²) in [5.74, 6) is -1.42. The standard InChI is InChI=1S/C18H19F2N3O2/c19-14-8-13(10-21-11-14)18(25)22-9-12-1-2-17(16(20)7-12)23-5-3-15(24)4-6-23/h1-2,7-8,10-11,15,24H,3-6,9H2,(H,22,25). The number of benzene rings is 1. The highest BCUT2D eigenvalue weighted by Gasteiger charge is 2.19. The fraction of sp³-hybridized carbons (Fsp3) is 0.333. The number of hydrogen-bond donors (Lipinski definition) is 2. The molecular weight excluding hydrogens is 328 g/mol. The van der Waals surface area contributed by atoms with E-state index in [1.807, 2.05) is 4.90 Å². The molecule has 132 valence electrons. The number of hydrogen-bond acceptors (Lipinski definition) is 4. The second-order valence-corrected chi connectivity index (χ2v) is 6.08. The summed E-state index contributed by atoms with van der Waals surface area (Å²) in [4.78, 5) is 17.5. The number of aliphatic hydroxyl groups is 1. The zero-order chi connectivity index (χ0) is 17.8. The Hall–Kier alpha value is -2.54. The molecule has 2 N–H and O–H groups in total. The summed E-state index contributed by atoms with van der Waals surface area (Å²) in [5, 5.41) is 12.1. The van der Waals surface area contributed by atoms with Crippen molar-refractivity contribution in [1.82, 2.24) is 10.3 Å². The molecule has 1 amide bonds. The summed E-state index contributed by atoms with van der Waals surface area (Å²) in [6.45, 7) is 1.35. The van der Waals surface area contributed by atoms with Crippen LogP contribution in [0.2, 0.25) is 0 Å². The van der Waals surface area contributed by atoms with Crippen LogP contribution in [0.15, 0.2) is 36.7 Å². The minimum atomic E-state index is -0.588. The molecule has 0 saturated carbocycles. The highest BCUT2D eigenvalue weighted by molar-refractivity contribution is 5.93. The van der Waals surface area contributed by atoms with E-state index in [-0.39, 0.29) is 24.0 Å². The first kappa shape index (κ1) is 17.3. The lowest BCUT2D eigenvalue weighted by Gasteiger charge is -2.31. The van der Waals surface area contributed by atoms with Gasteiger partial charge in [0, 0.05) is 25.8 Å². The monoisotopic (exact) mass is 347 g/mol. The zero-order valence-electron chi connectivity index (χ0n) is 13.6. The molecule has 5 nitrogen and oxygen atoms in total. The van der Waals surface area contributed by atoms with Gasteiger partial charge in [0.25, 0.3) is 5.91 Å². The predicted molar refractivity (Wildman–Crippen MR) is 89.2 cm³/mol. The van der Waals surface area contributed by atoms with Gasteiger partial charge in [-0.3, -0.25) is 9.78 Å². The number of aromatic nitrogens is 1. The number of anilines is 1. The molecule has 7 heteroatoms. The lowest BCUT2D eigenvalue weighted by atomic mass is 10.1. The molecule has 0 radical (unpaired) electrons. The lowest BCUT2D eigenvalue weighted by Crippen LogP contribution is -2.36. The third-order valence-corrected chi connectivity index (χ3v) is 4.24. The van der Waals surface area contributed by atoms with Gasteiger partial charge in [0.1, 0.15) is 11.6 Å². The molecule has 0 spiro atoms. The number of pyridine rings is 1. The van der Waals surface area contributed by atoms with Crippen LogP contribution in [0.5, 0.6) is 0 Å². The normalized spacial score (nSPS) is 15.2. The minimum absolute atomic E-state index is 0.115. The van der Waals surface area contributed by atoms with Gasteiger partial charge in [-0.05, 0) is 36.6 Å². The van der Waals surface area contributed by atoms with Crippen LogP contribution < -0.4 is 10.2 Å². The van der Waals surface area contributed by atoms with Crippen LogP contribution in [0.1, 0.15) is 28.8 Å². The minimum Gasteiger partial charge on any atom is -0.393 e. The van der Waals surface area contributed by atoms with Gasteiger partial charge in [0.2, 0.25) is 0 Å². The fourth-order valence-electron chi connectivity index (χ4n) is 2.84. The number of nitrogens with one attached hydrogen (secondary N) is 1. The van der Waals surface area contributed by atoms with Crippen LogP contribution in [-0.2, 0) is 6.54 Å². The van der Waals surface area contributed by atoms with Crippen molar-refractivity contribution in [1.29, 1.82) is 0 Å². The Labute approximate surface area is 144 Å². The zero-order valence-corrected chi connectivity index (χ0v) is 13.6. The van der Waals surface area contributed by atoms with E-state index >= 15 is 0 Å². The van der Waals surface area contributed by atoms with E-state index in [4.69, 9.17) is 0 Å². The van der Waals surface area contributed by atoms with E-state index in [0.29, 0.717) is 37.2 Å². The van der Waals surface area contributed by atoms with Crippen molar-refractivity contribution in [3.05, 3.63) is 59.4 Å². The van der Waals surface area contributed by atoms with Crippen LogP contribution in [-0.4, -0.2) is 35.2 Å². The van der Waals surface area contributed by atoms with Crippen molar-refractivity contribution in [3.63, 3.8) is 0 Å². The molecule has 1 saturated heterocycles.